The zero-order valence-electron chi connectivity index (χ0n) is 8.98. The second kappa shape index (κ2) is 4.25. The van der Waals surface area contributed by atoms with Gasteiger partial charge in [0, 0.05) is 0 Å². The Kier molecular flexibility index (Phi) is 2.93. The first-order valence-electron chi connectivity index (χ1n) is 5.14. The van der Waals surface area contributed by atoms with Crippen molar-refractivity contribution in [3.05, 3.63) is 29.3 Å². The molecule has 1 saturated carbocycles. The largest absolute Gasteiger partial charge is 0.409 e. The molecule has 0 radical (unpaired) electrons. The SMILES string of the molecule is N/C(=N/O)C1(C(=O)Nc2ccccc2Cl)CC1. The number of hydrogen-bond acceptors (Lipinski definition) is 3. The Bertz CT molecular complexity index is 483. The average molecular weight is 254 g/mol. The molecule has 0 aromatic heterocycles. The molecule has 5 nitrogen and oxygen atoms in total. The molecule has 0 aliphatic heterocycles. The van der Waals surface area contributed by atoms with Crippen LogP contribution in [0.1, 0.15) is 12.8 Å². The summed E-state index contributed by atoms with van der Waals surface area (Å²) in [6, 6.07) is 6.92. The van der Waals surface area contributed by atoms with E-state index in [0.29, 0.717) is 23.6 Å². The van der Waals surface area contributed by atoms with Crippen LogP contribution in [0.4, 0.5) is 5.69 Å². The van der Waals surface area contributed by atoms with Crippen LogP contribution in [-0.4, -0.2) is 17.0 Å². The van der Waals surface area contributed by atoms with E-state index in [2.05, 4.69) is 10.5 Å². The number of benzene rings is 1. The molecule has 0 bridgehead atoms. The second-order valence-electron chi connectivity index (χ2n) is 4.00. The molecule has 17 heavy (non-hydrogen) atoms. The van der Waals surface area contributed by atoms with Gasteiger partial charge in [0.1, 0.15) is 5.41 Å². The van der Waals surface area contributed by atoms with Gasteiger partial charge < -0.3 is 16.3 Å². The minimum atomic E-state index is -0.867. The van der Waals surface area contributed by atoms with Crippen molar-refractivity contribution < 1.29 is 10.0 Å². The summed E-state index contributed by atoms with van der Waals surface area (Å²) in [5, 5.41) is 14.7. The lowest BCUT2D eigenvalue weighted by molar-refractivity contribution is -0.119. The van der Waals surface area contributed by atoms with Crippen LogP contribution in [0.3, 0.4) is 0 Å². The van der Waals surface area contributed by atoms with Crippen LogP contribution in [0.25, 0.3) is 0 Å². The number of para-hydroxylation sites is 1. The Labute approximate surface area is 103 Å². The molecule has 0 saturated heterocycles. The van der Waals surface area contributed by atoms with E-state index in [1.54, 1.807) is 24.3 Å². The number of amides is 1. The highest BCUT2D eigenvalue weighted by molar-refractivity contribution is 6.34. The van der Waals surface area contributed by atoms with Crippen molar-refractivity contribution in [2.75, 3.05) is 5.32 Å². The first-order chi connectivity index (χ1) is 8.10. The summed E-state index contributed by atoms with van der Waals surface area (Å²) in [4.78, 5) is 12.0. The van der Waals surface area contributed by atoms with Gasteiger partial charge in [-0.3, -0.25) is 4.79 Å². The van der Waals surface area contributed by atoms with Crippen LogP contribution >= 0.6 is 11.6 Å². The molecule has 6 heteroatoms. The van der Waals surface area contributed by atoms with Crippen LogP contribution in [0, 0.1) is 5.41 Å². The maximum Gasteiger partial charge on any atom is 0.238 e. The van der Waals surface area contributed by atoms with Crippen LogP contribution in [-0.2, 0) is 4.79 Å². The third-order valence-electron chi connectivity index (χ3n) is 2.90. The topological polar surface area (TPSA) is 87.7 Å². The molecule has 90 valence electrons. The molecule has 1 fully saturated rings. The number of anilines is 1. The van der Waals surface area contributed by atoms with Gasteiger partial charge in [-0.1, -0.05) is 28.9 Å². The highest BCUT2D eigenvalue weighted by Crippen LogP contribution is 2.47. The molecule has 0 unspecified atom stereocenters. The van der Waals surface area contributed by atoms with Gasteiger partial charge in [-0.05, 0) is 25.0 Å². The van der Waals surface area contributed by atoms with E-state index < -0.39 is 5.41 Å². The van der Waals surface area contributed by atoms with E-state index in [-0.39, 0.29) is 11.7 Å². The summed E-state index contributed by atoms with van der Waals surface area (Å²) in [6.45, 7) is 0. The molecule has 0 spiro atoms. The van der Waals surface area contributed by atoms with Crippen molar-refractivity contribution in [1.29, 1.82) is 0 Å². The van der Waals surface area contributed by atoms with Gasteiger partial charge in [0.2, 0.25) is 5.91 Å². The smallest absolute Gasteiger partial charge is 0.238 e. The summed E-state index contributed by atoms with van der Waals surface area (Å²) in [7, 11) is 0. The minimum absolute atomic E-state index is 0.0537. The van der Waals surface area contributed by atoms with Crippen LogP contribution < -0.4 is 11.1 Å². The van der Waals surface area contributed by atoms with Gasteiger partial charge >= 0.3 is 0 Å². The number of rotatable bonds is 3. The summed E-state index contributed by atoms with van der Waals surface area (Å²) >= 11 is 5.93. The fourth-order valence-corrected chi connectivity index (χ4v) is 1.81. The van der Waals surface area contributed by atoms with E-state index in [4.69, 9.17) is 22.5 Å². The van der Waals surface area contributed by atoms with E-state index in [9.17, 15) is 4.79 Å². The highest BCUT2D eigenvalue weighted by Gasteiger charge is 2.54. The maximum absolute atomic E-state index is 12.0. The van der Waals surface area contributed by atoms with E-state index >= 15 is 0 Å². The van der Waals surface area contributed by atoms with Gasteiger partial charge in [-0.2, -0.15) is 0 Å². The van der Waals surface area contributed by atoms with Gasteiger partial charge in [-0.15, -0.1) is 0 Å². The lowest BCUT2D eigenvalue weighted by Crippen LogP contribution is -2.36. The second-order valence-corrected chi connectivity index (χ2v) is 4.41. The molecule has 0 heterocycles. The number of halogens is 1. The fraction of sp³-hybridized carbons (Fsp3) is 0.273. The number of oxime groups is 1. The van der Waals surface area contributed by atoms with Crippen molar-refractivity contribution in [3.8, 4) is 0 Å². The molecular weight excluding hydrogens is 242 g/mol. The van der Waals surface area contributed by atoms with Gasteiger partial charge in [0.25, 0.3) is 0 Å². The maximum atomic E-state index is 12.0. The highest BCUT2D eigenvalue weighted by atomic mass is 35.5. The van der Waals surface area contributed by atoms with E-state index in [1.807, 2.05) is 0 Å². The molecule has 1 aromatic carbocycles. The predicted molar refractivity (Wildman–Crippen MR) is 65.2 cm³/mol. The Morgan fingerprint density at radius 2 is 2.12 bits per heavy atom. The summed E-state index contributed by atoms with van der Waals surface area (Å²) in [5.74, 6) is -0.344. The number of hydrogen-bond donors (Lipinski definition) is 3. The lowest BCUT2D eigenvalue weighted by atomic mass is 10.1. The Hall–Kier alpha value is -1.75. The number of nitrogens with two attached hydrogens (primary N) is 1. The van der Waals surface area contributed by atoms with Crippen LogP contribution in [0.5, 0.6) is 0 Å². The van der Waals surface area contributed by atoms with Crippen molar-refractivity contribution in [2.24, 2.45) is 16.3 Å². The normalized spacial score (nSPS) is 17.6. The molecular formula is C11H12ClN3O2. The summed E-state index contributed by atoms with van der Waals surface area (Å²) in [6.07, 6.45) is 1.17. The Balaban J connectivity index is 2.16. The third kappa shape index (κ3) is 2.06. The number of nitrogens with zero attached hydrogens (tertiary/aromatic N) is 1. The van der Waals surface area contributed by atoms with E-state index in [1.165, 1.54) is 0 Å². The first kappa shape index (κ1) is 11.7. The van der Waals surface area contributed by atoms with E-state index in [0.717, 1.165) is 0 Å². The number of amidine groups is 1. The van der Waals surface area contributed by atoms with Crippen molar-refractivity contribution in [1.82, 2.24) is 0 Å². The Morgan fingerprint density at radius 1 is 1.47 bits per heavy atom. The van der Waals surface area contributed by atoms with Gasteiger partial charge in [-0.25, -0.2) is 0 Å². The quantitative estimate of drug-likeness (QED) is 0.332. The third-order valence-corrected chi connectivity index (χ3v) is 3.23. The predicted octanol–water partition coefficient (Wildman–Crippen LogP) is 1.81. The molecule has 1 amide bonds. The zero-order chi connectivity index (χ0) is 12.5. The van der Waals surface area contributed by atoms with Crippen molar-refractivity contribution in [2.45, 2.75) is 12.8 Å². The average Bonchev–Trinajstić information content (AvgIpc) is 3.12. The first-order valence-corrected chi connectivity index (χ1v) is 5.52. The number of carbonyl (C=O) groups is 1. The zero-order valence-corrected chi connectivity index (χ0v) is 9.74. The minimum Gasteiger partial charge on any atom is -0.409 e. The lowest BCUT2D eigenvalue weighted by Gasteiger charge is -2.14. The van der Waals surface area contributed by atoms with Crippen molar-refractivity contribution >= 4 is 29.0 Å². The molecule has 4 N–H and O–H groups in total. The number of nitrogens with one attached hydrogen (secondary N) is 1. The molecule has 2 rings (SSSR count). The summed E-state index contributed by atoms with van der Waals surface area (Å²) < 4.78 is 0. The monoisotopic (exact) mass is 253 g/mol. The van der Waals surface area contributed by atoms with Crippen molar-refractivity contribution in [3.63, 3.8) is 0 Å². The number of carbonyl (C=O) groups excluding carboxylic acids is 1. The fourth-order valence-electron chi connectivity index (χ4n) is 1.62. The molecule has 1 aliphatic carbocycles. The standard InChI is InChI=1S/C11H12ClN3O2/c12-7-3-1-2-4-8(7)14-10(16)11(5-6-11)9(13)15-17/h1-4,17H,5-6H2,(H2,13,15)(H,14,16). The Morgan fingerprint density at radius 3 is 2.65 bits per heavy atom. The molecule has 1 aliphatic rings. The van der Waals surface area contributed by atoms with Gasteiger partial charge in [0.15, 0.2) is 5.84 Å². The summed E-state index contributed by atoms with van der Waals surface area (Å²) in [5.41, 5.74) is 5.17. The van der Waals surface area contributed by atoms with Gasteiger partial charge in [0.05, 0.1) is 10.7 Å². The molecule has 1 aromatic rings. The van der Waals surface area contributed by atoms with Crippen LogP contribution in [0.15, 0.2) is 29.4 Å². The van der Waals surface area contributed by atoms with Crippen LogP contribution in [0.2, 0.25) is 5.02 Å². The molecule has 0 atom stereocenters.